The molecule has 0 spiro atoms. The van der Waals surface area contributed by atoms with Crippen LogP contribution in [0.5, 0.6) is 0 Å². The molecule has 0 fully saturated rings. The Morgan fingerprint density at radius 3 is 2.81 bits per heavy atom. The predicted octanol–water partition coefficient (Wildman–Crippen LogP) is 2.72. The van der Waals surface area contributed by atoms with Crippen molar-refractivity contribution in [1.29, 1.82) is 0 Å². The van der Waals surface area contributed by atoms with Gasteiger partial charge in [0, 0.05) is 11.6 Å². The van der Waals surface area contributed by atoms with Gasteiger partial charge in [0.1, 0.15) is 5.52 Å². The summed E-state index contributed by atoms with van der Waals surface area (Å²) in [4.78, 5) is 19.2. The molecule has 4 nitrogen and oxygen atoms in total. The molecule has 82 valence electrons. The van der Waals surface area contributed by atoms with E-state index in [4.69, 9.17) is 23.2 Å². The second kappa shape index (κ2) is 4.23. The van der Waals surface area contributed by atoms with Crippen LogP contribution >= 0.6 is 23.2 Å². The molecule has 0 saturated heterocycles. The Balaban J connectivity index is 2.69. The van der Waals surface area contributed by atoms with Crippen LogP contribution in [0.1, 0.15) is 10.5 Å². The van der Waals surface area contributed by atoms with Crippen molar-refractivity contribution < 1.29 is 9.53 Å². The van der Waals surface area contributed by atoms with E-state index < -0.39 is 5.97 Å². The Kier molecular flexibility index (Phi) is 2.94. The zero-order valence-electron chi connectivity index (χ0n) is 8.20. The molecule has 0 aliphatic rings. The van der Waals surface area contributed by atoms with E-state index in [-0.39, 0.29) is 10.8 Å². The molecule has 0 amide bonds. The zero-order chi connectivity index (χ0) is 11.7. The van der Waals surface area contributed by atoms with Crippen molar-refractivity contribution in [2.45, 2.75) is 0 Å². The van der Waals surface area contributed by atoms with Gasteiger partial charge in [-0.3, -0.25) is 4.98 Å². The molecular weight excluding hydrogens is 251 g/mol. The minimum absolute atomic E-state index is 0.129. The Hall–Kier alpha value is -1.39. The van der Waals surface area contributed by atoms with Crippen molar-refractivity contribution in [3.63, 3.8) is 0 Å². The maximum Gasteiger partial charge on any atom is 0.356 e. The number of rotatable bonds is 1. The van der Waals surface area contributed by atoms with Gasteiger partial charge in [-0.15, -0.1) is 0 Å². The molecule has 0 aromatic carbocycles. The van der Waals surface area contributed by atoms with Gasteiger partial charge in [0.25, 0.3) is 0 Å². The largest absolute Gasteiger partial charge is 0.464 e. The number of ether oxygens (including phenoxy) is 1. The summed E-state index contributed by atoms with van der Waals surface area (Å²) >= 11 is 11.7. The SMILES string of the molecule is COC(=O)c1cc2cc(Cl)cnc2c(Cl)n1. The third kappa shape index (κ3) is 1.94. The van der Waals surface area contributed by atoms with E-state index in [1.807, 2.05) is 0 Å². The average molecular weight is 257 g/mol. The normalized spacial score (nSPS) is 10.4. The fourth-order valence-corrected chi connectivity index (χ4v) is 1.70. The third-order valence-corrected chi connectivity index (χ3v) is 2.45. The summed E-state index contributed by atoms with van der Waals surface area (Å²) in [5.41, 5.74) is 0.628. The molecule has 0 bridgehead atoms. The highest BCUT2D eigenvalue weighted by atomic mass is 35.5. The molecular formula is C10H6Cl2N2O2. The number of methoxy groups -OCH3 is 1. The zero-order valence-corrected chi connectivity index (χ0v) is 9.71. The molecule has 0 radical (unpaired) electrons. The number of esters is 1. The minimum atomic E-state index is -0.552. The number of fused-ring (bicyclic) bond motifs is 1. The van der Waals surface area contributed by atoms with Crippen molar-refractivity contribution in [1.82, 2.24) is 9.97 Å². The van der Waals surface area contributed by atoms with Crippen LogP contribution in [0.15, 0.2) is 18.3 Å². The molecule has 2 rings (SSSR count). The summed E-state index contributed by atoms with van der Waals surface area (Å²) in [6.07, 6.45) is 1.47. The summed E-state index contributed by atoms with van der Waals surface area (Å²) in [5.74, 6) is -0.552. The van der Waals surface area contributed by atoms with Crippen molar-refractivity contribution >= 4 is 40.1 Å². The van der Waals surface area contributed by atoms with Crippen LogP contribution in [0.25, 0.3) is 10.9 Å². The van der Waals surface area contributed by atoms with Crippen molar-refractivity contribution in [3.8, 4) is 0 Å². The molecule has 0 N–H and O–H groups in total. The number of carbonyl (C=O) groups excluding carboxylic acids is 1. The van der Waals surface area contributed by atoms with Gasteiger partial charge in [-0.25, -0.2) is 9.78 Å². The second-order valence-corrected chi connectivity index (χ2v) is 3.81. The van der Waals surface area contributed by atoms with E-state index in [1.54, 1.807) is 6.07 Å². The topological polar surface area (TPSA) is 52.1 Å². The van der Waals surface area contributed by atoms with Gasteiger partial charge < -0.3 is 4.74 Å². The summed E-state index contributed by atoms with van der Waals surface area (Å²) in [6.45, 7) is 0. The standard InChI is InChI=1S/C10H6Cl2N2O2/c1-16-10(15)7-3-5-2-6(11)4-13-8(5)9(12)14-7/h2-4H,1H3. The molecule has 0 atom stereocenters. The van der Waals surface area contributed by atoms with Gasteiger partial charge in [-0.05, 0) is 12.1 Å². The van der Waals surface area contributed by atoms with Crippen LogP contribution in [0, 0.1) is 0 Å². The predicted molar refractivity (Wildman–Crippen MR) is 60.9 cm³/mol. The van der Waals surface area contributed by atoms with E-state index in [1.165, 1.54) is 19.4 Å². The van der Waals surface area contributed by atoms with E-state index in [2.05, 4.69) is 14.7 Å². The molecule has 16 heavy (non-hydrogen) atoms. The number of carbonyl (C=O) groups is 1. The number of nitrogens with zero attached hydrogens (tertiary/aromatic N) is 2. The van der Waals surface area contributed by atoms with Crippen LogP contribution in [0.3, 0.4) is 0 Å². The number of halogens is 2. The number of hydrogen-bond acceptors (Lipinski definition) is 4. The summed E-state index contributed by atoms with van der Waals surface area (Å²) in [5, 5.41) is 1.26. The first-order valence-electron chi connectivity index (χ1n) is 4.32. The van der Waals surface area contributed by atoms with Crippen molar-refractivity contribution in [3.05, 3.63) is 34.2 Å². The van der Waals surface area contributed by atoms with Crippen LogP contribution in [0.4, 0.5) is 0 Å². The second-order valence-electron chi connectivity index (χ2n) is 3.02. The molecule has 0 aliphatic heterocycles. The summed E-state index contributed by atoms with van der Waals surface area (Å²) < 4.78 is 4.56. The van der Waals surface area contributed by atoms with Gasteiger partial charge >= 0.3 is 5.97 Å². The first-order chi connectivity index (χ1) is 7.61. The monoisotopic (exact) mass is 256 g/mol. The van der Waals surface area contributed by atoms with Crippen LogP contribution in [-0.4, -0.2) is 23.0 Å². The van der Waals surface area contributed by atoms with E-state index >= 15 is 0 Å². The van der Waals surface area contributed by atoms with Crippen LogP contribution in [0.2, 0.25) is 10.2 Å². The first kappa shape index (κ1) is 11.1. The third-order valence-electron chi connectivity index (χ3n) is 1.98. The summed E-state index contributed by atoms with van der Waals surface area (Å²) in [6, 6.07) is 3.19. The Morgan fingerprint density at radius 2 is 2.12 bits per heavy atom. The average Bonchev–Trinajstić information content (AvgIpc) is 2.27. The van der Waals surface area contributed by atoms with Crippen LogP contribution in [-0.2, 0) is 4.74 Å². The maximum absolute atomic E-state index is 11.3. The van der Waals surface area contributed by atoms with E-state index in [9.17, 15) is 4.79 Å². The van der Waals surface area contributed by atoms with Gasteiger partial charge in [-0.1, -0.05) is 23.2 Å². The highest BCUT2D eigenvalue weighted by Gasteiger charge is 2.12. The van der Waals surface area contributed by atoms with Crippen molar-refractivity contribution in [2.24, 2.45) is 0 Å². The fraction of sp³-hybridized carbons (Fsp3) is 0.100. The molecule has 0 aliphatic carbocycles. The molecule has 0 saturated carbocycles. The highest BCUT2D eigenvalue weighted by molar-refractivity contribution is 6.35. The first-order valence-corrected chi connectivity index (χ1v) is 5.07. The highest BCUT2D eigenvalue weighted by Crippen LogP contribution is 2.23. The smallest absolute Gasteiger partial charge is 0.356 e. The molecule has 6 heteroatoms. The van der Waals surface area contributed by atoms with Gasteiger partial charge in [0.05, 0.1) is 12.1 Å². The van der Waals surface area contributed by atoms with E-state index in [0.717, 1.165) is 0 Å². The molecule has 2 aromatic rings. The fourth-order valence-electron chi connectivity index (χ4n) is 1.28. The lowest BCUT2D eigenvalue weighted by molar-refractivity contribution is 0.0594. The maximum atomic E-state index is 11.3. The number of aromatic nitrogens is 2. The van der Waals surface area contributed by atoms with Crippen LogP contribution < -0.4 is 0 Å². The number of pyridine rings is 2. The van der Waals surface area contributed by atoms with Gasteiger partial charge in [-0.2, -0.15) is 0 Å². The number of hydrogen-bond donors (Lipinski definition) is 0. The lowest BCUT2D eigenvalue weighted by Crippen LogP contribution is -2.04. The summed E-state index contributed by atoms with van der Waals surface area (Å²) in [7, 11) is 1.28. The van der Waals surface area contributed by atoms with E-state index in [0.29, 0.717) is 15.9 Å². The quantitative estimate of drug-likeness (QED) is 0.582. The molecule has 0 unspecified atom stereocenters. The molecule has 2 heterocycles. The Morgan fingerprint density at radius 1 is 1.38 bits per heavy atom. The van der Waals surface area contributed by atoms with Crippen molar-refractivity contribution in [2.75, 3.05) is 7.11 Å². The van der Waals surface area contributed by atoms with Gasteiger partial charge in [0.2, 0.25) is 0 Å². The minimum Gasteiger partial charge on any atom is -0.464 e. The Bertz CT molecular complexity index is 572. The Labute approximate surface area is 101 Å². The molecule has 2 aromatic heterocycles. The lowest BCUT2D eigenvalue weighted by atomic mass is 10.2. The lowest BCUT2D eigenvalue weighted by Gasteiger charge is -2.03. The van der Waals surface area contributed by atoms with Gasteiger partial charge in [0.15, 0.2) is 10.8 Å².